The topological polar surface area (TPSA) is 50.9 Å². The molecule has 0 aliphatic carbocycles. The zero-order chi connectivity index (χ0) is 13.1. The van der Waals surface area contributed by atoms with Crippen molar-refractivity contribution in [2.75, 3.05) is 0 Å². The lowest BCUT2D eigenvalue weighted by atomic mass is 10.1. The molecule has 1 atom stereocenters. The van der Waals surface area contributed by atoms with E-state index in [0.29, 0.717) is 5.82 Å². The van der Waals surface area contributed by atoms with E-state index in [0.717, 1.165) is 28.6 Å². The van der Waals surface area contributed by atoms with E-state index in [1.165, 1.54) is 6.33 Å². The summed E-state index contributed by atoms with van der Waals surface area (Å²) in [5, 5.41) is 14.5. The fourth-order valence-corrected chi connectivity index (χ4v) is 2.19. The van der Waals surface area contributed by atoms with E-state index in [4.69, 9.17) is 0 Å². The highest BCUT2D eigenvalue weighted by atomic mass is 79.9. The van der Waals surface area contributed by atoms with Gasteiger partial charge in [-0.3, -0.25) is 0 Å². The van der Waals surface area contributed by atoms with E-state index in [-0.39, 0.29) is 0 Å². The Morgan fingerprint density at radius 1 is 1.44 bits per heavy atom. The Kier molecular flexibility index (Phi) is 4.14. The fourth-order valence-electron chi connectivity index (χ4n) is 1.80. The lowest BCUT2D eigenvalue weighted by Gasteiger charge is -2.12. The number of aromatic nitrogens is 3. The van der Waals surface area contributed by atoms with Gasteiger partial charge >= 0.3 is 0 Å². The summed E-state index contributed by atoms with van der Waals surface area (Å²) in [7, 11) is 0. The maximum absolute atomic E-state index is 10.4. The Labute approximate surface area is 115 Å². The summed E-state index contributed by atoms with van der Waals surface area (Å²) in [6.45, 7) is 4.85. The number of aryl methyl sites for hydroxylation is 2. The van der Waals surface area contributed by atoms with Crippen molar-refractivity contribution in [1.29, 1.82) is 0 Å². The molecule has 1 aromatic carbocycles. The number of nitrogens with zero attached hydrogens (tertiary/aromatic N) is 3. The van der Waals surface area contributed by atoms with Crippen LogP contribution < -0.4 is 0 Å². The average Bonchev–Trinajstić information content (AvgIpc) is 2.80. The maximum Gasteiger partial charge on any atom is 0.160 e. The van der Waals surface area contributed by atoms with Gasteiger partial charge in [-0.05, 0) is 30.5 Å². The van der Waals surface area contributed by atoms with Gasteiger partial charge in [0.05, 0.1) is 0 Å². The van der Waals surface area contributed by atoms with Crippen LogP contribution in [0.3, 0.4) is 0 Å². The van der Waals surface area contributed by atoms with Gasteiger partial charge < -0.3 is 5.11 Å². The lowest BCUT2D eigenvalue weighted by molar-refractivity contribution is 0.202. The predicted octanol–water partition coefficient (Wildman–Crippen LogP) is 2.84. The quantitative estimate of drug-likeness (QED) is 0.945. The largest absolute Gasteiger partial charge is 0.380 e. The molecule has 2 rings (SSSR count). The van der Waals surface area contributed by atoms with Crippen molar-refractivity contribution in [2.45, 2.75) is 32.9 Å². The number of benzene rings is 1. The first-order valence-electron chi connectivity index (χ1n) is 5.95. The number of rotatable bonds is 4. The summed E-state index contributed by atoms with van der Waals surface area (Å²) in [5.41, 5.74) is 1.96. The standard InChI is InChI=1S/C13H16BrN3O/c1-3-6-17-13(15-8-16-17)12(18)10-5-4-9(2)11(14)7-10/h4-5,7-8,12,18H,3,6H2,1-2H3. The Balaban J connectivity index is 2.32. The Hall–Kier alpha value is -1.20. The Morgan fingerprint density at radius 2 is 2.22 bits per heavy atom. The molecule has 0 saturated carbocycles. The van der Waals surface area contributed by atoms with E-state index in [2.05, 4.69) is 32.9 Å². The highest BCUT2D eigenvalue weighted by Gasteiger charge is 2.17. The number of aliphatic hydroxyl groups excluding tert-OH is 1. The van der Waals surface area contributed by atoms with E-state index in [1.54, 1.807) is 4.68 Å². The molecule has 0 saturated heterocycles. The number of halogens is 1. The van der Waals surface area contributed by atoms with Crippen molar-refractivity contribution in [3.05, 3.63) is 46.0 Å². The van der Waals surface area contributed by atoms with Gasteiger partial charge in [0.1, 0.15) is 12.4 Å². The molecule has 1 heterocycles. The van der Waals surface area contributed by atoms with Crippen molar-refractivity contribution in [3.8, 4) is 0 Å². The van der Waals surface area contributed by atoms with E-state index >= 15 is 0 Å². The molecule has 2 aromatic rings. The van der Waals surface area contributed by atoms with E-state index in [1.807, 2.05) is 25.1 Å². The van der Waals surface area contributed by atoms with Gasteiger partial charge in [0.15, 0.2) is 5.82 Å². The molecule has 0 aliphatic rings. The van der Waals surface area contributed by atoms with Crippen LogP contribution in [-0.2, 0) is 6.54 Å². The monoisotopic (exact) mass is 309 g/mol. The third-order valence-corrected chi connectivity index (χ3v) is 3.69. The van der Waals surface area contributed by atoms with Crippen LogP contribution in [0.5, 0.6) is 0 Å². The summed E-state index contributed by atoms with van der Waals surface area (Å²) >= 11 is 3.47. The molecule has 0 amide bonds. The molecular formula is C13H16BrN3O. The van der Waals surface area contributed by atoms with Gasteiger partial charge in [0.25, 0.3) is 0 Å². The highest BCUT2D eigenvalue weighted by Crippen LogP contribution is 2.25. The molecule has 0 aliphatic heterocycles. The van der Waals surface area contributed by atoms with Crippen LogP contribution in [0.15, 0.2) is 29.0 Å². The third-order valence-electron chi connectivity index (χ3n) is 2.84. The van der Waals surface area contributed by atoms with Gasteiger partial charge in [0.2, 0.25) is 0 Å². The van der Waals surface area contributed by atoms with Crippen LogP contribution in [0.25, 0.3) is 0 Å². The molecule has 0 fully saturated rings. The third kappa shape index (κ3) is 2.62. The first kappa shape index (κ1) is 13.2. The van der Waals surface area contributed by atoms with Crippen LogP contribution in [-0.4, -0.2) is 19.9 Å². The summed E-state index contributed by atoms with van der Waals surface area (Å²) < 4.78 is 2.74. The molecule has 0 bridgehead atoms. The van der Waals surface area contributed by atoms with Crippen LogP contribution in [0.4, 0.5) is 0 Å². The Bertz CT molecular complexity index is 539. The molecule has 96 valence electrons. The molecule has 0 radical (unpaired) electrons. The van der Waals surface area contributed by atoms with Gasteiger partial charge in [-0.2, -0.15) is 5.10 Å². The maximum atomic E-state index is 10.4. The predicted molar refractivity (Wildman–Crippen MR) is 73.3 cm³/mol. The Morgan fingerprint density at radius 3 is 2.89 bits per heavy atom. The zero-order valence-corrected chi connectivity index (χ0v) is 12.1. The van der Waals surface area contributed by atoms with Crippen molar-refractivity contribution in [2.24, 2.45) is 0 Å². The summed E-state index contributed by atoms with van der Waals surface area (Å²) in [6.07, 6.45) is 1.70. The van der Waals surface area contributed by atoms with Crippen LogP contribution in [0.1, 0.15) is 36.4 Å². The first-order chi connectivity index (χ1) is 8.63. The zero-order valence-electron chi connectivity index (χ0n) is 10.5. The number of hydrogen-bond donors (Lipinski definition) is 1. The summed E-state index contributed by atoms with van der Waals surface area (Å²) in [5.74, 6) is 0.590. The minimum Gasteiger partial charge on any atom is -0.380 e. The summed E-state index contributed by atoms with van der Waals surface area (Å²) in [4.78, 5) is 4.15. The molecular weight excluding hydrogens is 294 g/mol. The molecule has 4 nitrogen and oxygen atoms in total. The number of hydrogen-bond acceptors (Lipinski definition) is 3. The summed E-state index contributed by atoms with van der Waals surface area (Å²) in [6, 6.07) is 5.81. The fraction of sp³-hybridized carbons (Fsp3) is 0.385. The molecule has 1 unspecified atom stereocenters. The second kappa shape index (κ2) is 5.63. The average molecular weight is 310 g/mol. The lowest BCUT2D eigenvalue weighted by Crippen LogP contribution is -2.11. The minimum absolute atomic E-state index is 0.590. The van der Waals surface area contributed by atoms with E-state index < -0.39 is 6.10 Å². The second-order valence-corrected chi connectivity index (χ2v) is 5.11. The van der Waals surface area contributed by atoms with Gasteiger partial charge in [-0.25, -0.2) is 9.67 Å². The number of aliphatic hydroxyl groups is 1. The molecule has 18 heavy (non-hydrogen) atoms. The smallest absolute Gasteiger partial charge is 0.160 e. The molecule has 0 spiro atoms. The van der Waals surface area contributed by atoms with E-state index in [9.17, 15) is 5.11 Å². The minimum atomic E-state index is -0.740. The van der Waals surface area contributed by atoms with Crippen molar-refractivity contribution in [1.82, 2.24) is 14.8 Å². The van der Waals surface area contributed by atoms with Crippen LogP contribution in [0.2, 0.25) is 0 Å². The van der Waals surface area contributed by atoms with Gasteiger partial charge in [-0.1, -0.05) is 35.0 Å². The highest BCUT2D eigenvalue weighted by molar-refractivity contribution is 9.10. The molecule has 5 heteroatoms. The van der Waals surface area contributed by atoms with Crippen molar-refractivity contribution < 1.29 is 5.11 Å². The molecule has 1 aromatic heterocycles. The van der Waals surface area contributed by atoms with Gasteiger partial charge in [-0.15, -0.1) is 0 Å². The molecule has 1 N–H and O–H groups in total. The van der Waals surface area contributed by atoms with Crippen molar-refractivity contribution in [3.63, 3.8) is 0 Å². The van der Waals surface area contributed by atoms with Crippen LogP contribution in [0, 0.1) is 6.92 Å². The van der Waals surface area contributed by atoms with Crippen molar-refractivity contribution >= 4 is 15.9 Å². The first-order valence-corrected chi connectivity index (χ1v) is 6.74. The SMILES string of the molecule is CCCn1ncnc1C(O)c1ccc(C)c(Br)c1. The van der Waals surface area contributed by atoms with Crippen LogP contribution >= 0.6 is 15.9 Å². The normalized spacial score (nSPS) is 12.7. The second-order valence-electron chi connectivity index (χ2n) is 4.25. The van der Waals surface area contributed by atoms with Gasteiger partial charge in [0, 0.05) is 11.0 Å².